The van der Waals surface area contributed by atoms with E-state index in [1.807, 2.05) is 6.92 Å². The van der Waals surface area contributed by atoms with Crippen molar-refractivity contribution in [1.29, 1.82) is 0 Å². The Morgan fingerprint density at radius 1 is 1.62 bits per heavy atom. The zero-order chi connectivity index (χ0) is 10.8. The van der Waals surface area contributed by atoms with E-state index in [0.29, 0.717) is 26.0 Å². The molecule has 0 bridgehead atoms. The van der Waals surface area contributed by atoms with E-state index >= 15 is 0 Å². The number of carbonyl (C=O) groups is 1. The minimum absolute atomic E-state index is 0. The fourth-order valence-electron chi connectivity index (χ4n) is 0.814. The van der Waals surface area contributed by atoms with Crippen LogP contribution in [0.15, 0.2) is 4.99 Å². The molecule has 0 aromatic rings. The standard InChI is InChI=1S/C8H17N3O3.2ClH/c1-2-14-11-6-10-7(8(12)13)4-3-5-9;;/h6-7H,2-5,9H2,1H3,(H,10,11)(H,12,13);2*1H/t7-;;/m0../s1. The van der Waals surface area contributed by atoms with Gasteiger partial charge in [-0.2, -0.15) is 0 Å². The first kappa shape index (κ1) is 20.8. The van der Waals surface area contributed by atoms with Crippen LogP contribution in [0.25, 0.3) is 0 Å². The molecule has 0 aliphatic carbocycles. The summed E-state index contributed by atoms with van der Waals surface area (Å²) in [6.45, 7) is 2.77. The number of nitrogens with one attached hydrogen (secondary N) is 1. The van der Waals surface area contributed by atoms with E-state index in [9.17, 15) is 4.79 Å². The molecular weight excluding hydrogens is 257 g/mol. The van der Waals surface area contributed by atoms with Crippen molar-refractivity contribution >= 4 is 37.1 Å². The van der Waals surface area contributed by atoms with Crippen molar-refractivity contribution in [2.75, 3.05) is 13.2 Å². The molecule has 0 radical (unpaired) electrons. The van der Waals surface area contributed by atoms with Gasteiger partial charge in [0.25, 0.3) is 0 Å². The lowest BCUT2D eigenvalue weighted by Gasteiger charge is -2.05. The number of carboxylic acids is 1. The zero-order valence-electron chi connectivity index (χ0n) is 9.09. The summed E-state index contributed by atoms with van der Waals surface area (Å²) >= 11 is 0. The number of nitrogens with two attached hydrogens (primary N) is 1. The quantitative estimate of drug-likeness (QED) is 0.261. The molecule has 0 rings (SSSR count). The number of carboxylic acid groups (broad SMARTS) is 1. The largest absolute Gasteiger partial charge is 0.480 e. The van der Waals surface area contributed by atoms with Crippen LogP contribution in [0, 0.1) is 0 Å². The monoisotopic (exact) mass is 275 g/mol. The van der Waals surface area contributed by atoms with Gasteiger partial charge in [-0.25, -0.2) is 4.79 Å². The van der Waals surface area contributed by atoms with E-state index in [4.69, 9.17) is 15.7 Å². The molecule has 8 heteroatoms. The minimum Gasteiger partial charge on any atom is -0.480 e. The van der Waals surface area contributed by atoms with Gasteiger partial charge < -0.3 is 10.8 Å². The Kier molecular flexibility index (Phi) is 18.8. The lowest BCUT2D eigenvalue weighted by atomic mass is 10.2. The Hall–Kier alpha value is -0.560. The topological polar surface area (TPSA) is 96.9 Å². The maximum absolute atomic E-state index is 10.6. The Labute approximate surface area is 107 Å². The highest BCUT2D eigenvalue weighted by Gasteiger charge is 2.13. The Morgan fingerprint density at radius 3 is 2.69 bits per heavy atom. The van der Waals surface area contributed by atoms with Crippen LogP contribution in [-0.2, 0) is 9.63 Å². The van der Waals surface area contributed by atoms with Crippen molar-refractivity contribution in [2.24, 2.45) is 10.7 Å². The second-order valence-electron chi connectivity index (χ2n) is 2.61. The molecule has 6 nitrogen and oxygen atoms in total. The second kappa shape index (κ2) is 14.4. The highest BCUT2D eigenvalue weighted by Crippen LogP contribution is 2.00. The first-order valence-corrected chi connectivity index (χ1v) is 4.54. The van der Waals surface area contributed by atoms with Gasteiger partial charge >= 0.3 is 5.97 Å². The molecule has 0 aromatic carbocycles. The highest BCUT2D eigenvalue weighted by atomic mass is 35.5. The molecule has 0 unspecified atom stereocenters. The lowest BCUT2D eigenvalue weighted by Crippen LogP contribution is -2.22. The third-order valence-corrected chi connectivity index (χ3v) is 1.50. The summed E-state index contributed by atoms with van der Waals surface area (Å²) in [6.07, 6.45) is 2.33. The van der Waals surface area contributed by atoms with E-state index in [1.54, 1.807) is 0 Å². The van der Waals surface area contributed by atoms with Gasteiger partial charge in [0.15, 0.2) is 0 Å². The van der Waals surface area contributed by atoms with Crippen molar-refractivity contribution in [2.45, 2.75) is 25.8 Å². The fraction of sp³-hybridized carbons (Fsp3) is 0.750. The summed E-state index contributed by atoms with van der Waals surface area (Å²) < 4.78 is 0. The first-order valence-electron chi connectivity index (χ1n) is 4.54. The first-order chi connectivity index (χ1) is 6.72. The normalized spacial score (nSPS) is 11.4. The van der Waals surface area contributed by atoms with Crippen LogP contribution in [-0.4, -0.2) is 36.6 Å². The molecule has 98 valence electrons. The molecule has 0 heterocycles. The summed E-state index contributed by atoms with van der Waals surface area (Å²) in [5.41, 5.74) is 7.68. The second-order valence-corrected chi connectivity index (χ2v) is 2.61. The Bertz CT molecular complexity index is 193. The number of aliphatic carboxylic acids is 1. The molecule has 0 saturated carbocycles. The van der Waals surface area contributed by atoms with Crippen molar-refractivity contribution in [1.82, 2.24) is 5.48 Å². The van der Waals surface area contributed by atoms with Crippen LogP contribution in [0.3, 0.4) is 0 Å². The van der Waals surface area contributed by atoms with Crippen LogP contribution in [0.4, 0.5) is 0 Å². The molecule has 0 aromatic heterocycles. The van der Waals surface area contributed by atoms with Crippen molar-refractivity contribution < 1.29 is 14.7 Å². The van der Waals surface area contributed by atoms with Gasteiger partial charge in [0, 0.05) is 0 Å². The molecule has 0 fully saturated rings. The van der Waals surface area contributed by atoms with Crippen molar-refractivity contribution in [3.63, 3.8) is 0 Å². The fourth-order valence-corrected chi connectivity index (χ4v) is 0.814. The number of halogens is 2. The van der Waals surface area contributed by atoms with Crippen LogP contribution in [0.5, 0.6) is 0 Å². The summed E-state index contributed by atoms with van der Waals surface area (Å²) in [5.74, 6) is -0.951. The summed E-state index contributed by atoms with van der Waals surface area (Å²) in [7, 11) is 0. The smallest absolute Gasteiger partial charge is 0.328 e. The Morgan fingerprint density at radius 2 is 2.25 bits per heavy atom. The molecule has 1 atom stereocenters. The molecule has 0 spiro atoms. The van der Waals surface area contributed by atoms with Crippen LogP contribution in [0.1, 0.15) is 19.8 Å². The van der Waals surface area contributed by atoms with Crippen LogP contribution < -0.4 is 11.2 Å². The SMILES string of the molecule is CCONC=N[C@@H](CCCN)C(=O)O.Cl.Cl. The number of hydrogen-bond acceptors (Lipinski definition) is 4. The molecule has 4 N–H and O–H groups in total. The molecule has 16 heavy (non-hydrogen) atoms. The number of hydroxylamine groups is 1. The van der Waals surface area contributed by atoms with E-state index in [2.05, 4.69) is 10.5 Å². The summed E-state index contributed by atoms with van der Waals surface area (Å²) in [6, 6.07) is -0.744. The number of rotatable bonds is 8. The average molecular weight is 276 g/mol. The van der Waals surface area contributed by atoms with Gasteiger partial charge in [0.2, 0.25) is 0 Å². The van der Waals surface area contributed by atoms with Gasteiger partial charge in [-0.3, -0.25) is 15.3 Å². The molecule has 0 amide bonds. The van der Waals surface area contributed by atoms with Crippen molar-refractivity contribution in [3.8, 4) is 0 Å². The van der Waals surface area contributed by atoms with Crippen molar-refractivity contribution in [3.05, 3.63) is 0 Å². The zero-order valence-corrected chi connectivity index (χ0v) is 10.7. The van der Waals surface area contributed by atoms with Gasteiger partial charge in [0.05, 0.1) is 6.61 Å². The Balaban J connectivity index is -0.000000845. The lowest BCUT2D eigenvalue weighted by molar-refractivity contribution is -0.138. The summed E-state index contributed by atoms with van der Waals surface area (Å²) in [5, 5.41) is 8.73. The number of hydrogen-bond donors (Lipinski definition) is 3. The number of aliphatic imine (C=N–C) groups is 1. The summed E-state index contributed by atoms with van der Waals surface area (Å²) in [4.78, 5) is 19.2. The van der Waals surface area contributed by atoms with Crippen LogP contribution in [0.2, 0.25) is 0 Å². The van der Waals surface area contributed by atoms with Gasteiger partial charge in [-0.15, -0.1) is 24.8 Å². The van der Waals surface area contributed by atoms with Gasteiger partial charge in [-0.05, 0) is 26.3 Å². The average Bonchev–Trinajstić information content (AvgIpc) is 2.16. The molecular formula is C8H19Cl2N3O3. The highest BCUT2D eigenvalue weighted by molar-refractivity contribution is 5.85. The van der Waals surface area contributed by atoms with E-state index < -0.39 is 12.0 Å². The predicted molar refractivity (Wildman–Crippen MR) is 67.5 cm³/mol. The van der Waals surface area contributed by atoms with E-state index in [0.717, 1.165) is 0 Å². The van der Waals surface area contributed by atoms with Gasteiger partial charge in [0.1, 0.15) is 12.4 Å². The maximum Gasteiger partial charge on any atom is 0.328 e. The third kappa shape index (κ3) is 11.5. The molecule has 0 aliphatic rings. The molecule has 0 saturated heterocycles. The van der Waals surface area contributed by atoms with Crippen LogP contribution >= 0.6 is 24.8 Å². The third-order valence-electron chi connectivity index (χ3n) is 1.50. The maximum atomic E-state index is 10.6. The van der Waals surface area contributed by atoms with Gasteiger partial charge in [-0.1, -0.05) is 0 Å². The number of nitrogens with zero attached hydrogens (tertiary/aromatic N) is 1. The predicted octanol–water partition coefficient (Wildman–Crippen LogP) is 0.591. The van der Waals surface area contributed by atoms with E-state index in [-0.39, 0.29) is 24.8 Å². The minimum atomic E-state index is -0.951. The van der Waals surface area contributed by atoms with E-state index in [1.165, 1.54) is 6.34 Å². The molecule has 0 aliphatic heterocycles.